The zero-order valence-corrected chi connectivity index (χ0v) is 22.4. The number of ether oxygens (including phenoxy) is 1. The zero-order valence-electron chi connectivity index (χ0n) is 22.4. The number of hydrogen-bond donors (Lipinski definition) is 1. The van der Waals surface area contributed by atoms with Gasteiger partial charge in [0.2, 0.25) is 0 Å². The number of aryl methyl sites for hydroxylation is 3. The number of imidazole rings is 1. The molecule has 37 heavy (non-hydrogen) atoms. The predicted octanol–water partition coefficient (Wildman–Crippen LogP) is 7.08. The van der Waals surface area contributed by atoms with Gasteiger partial charge in [-0.1, -0.05) is 68.3 Å². The summed E-state index contributed by atoms with van der Waals surface area (Å²) in [6.45, 7) is 8.67. The van der Waals surface area contributed by atoms with Crippen molar-refractivity contribution < 1.29 is 9.53 Å². The van der Waals surface area contributed by atoms with Crippen molar-refractivity contribution in [2.45, 2.75) is 65.3 Å². The molecule has 0 bridgehead atoms. The standard InChI is InChI=1S/C32H39N3O2/c1-24(2)27-12-6-9-15-30(27)37-23-11-22-35-29-14-8-7-13-28(29)34-31(35)16-5-4-10-21-33-32(36)26-19-17-25(3)18-20-26/h6-9,12-15,17-20,24H,4-5,10-11,16,21-23H2,1-3H3,(H,33,36). The summed E-state index contributed by atoms with van der Waals surface area (Å²) in [5.41, 5.74) is 5.37. The number of carbonyl (C=O) groups excluding carboxylic acids is 1. The van der Waals surface area contributed by atoms with Gasteiger partial charge in [-0.25, -0.2) is 4.98 Å². The molecule has 0 saturated heterocycles. The molecule has 0 spiro atoms. The van der Waals surface area contributed by atoms with Crippen LogP contribution in [0.15, 0.2) is 72.8 Å². The fourth-order valence-electron chi connectivity index (χ4n) is 4.65. The lowest BCUT2D eigenvalue weighted by atomic mass is 10.0. The molecule has 0 unspecified atom stereocenters. The molecule has 5 nitrogen and oxygen atoms in total. The predicted molar refractivity (Wildman–Crippen MR) is 151 cm³/mol. The molecule has 0 atom stereocenters. The lowest BCUT2D eigenvalue weighted by Gasteiger charge is -2.14. The van der Waals surface area contributed by atoms with Crippen molar-refractivity contribution in [2.75, 3.05) is 13.2 Å². The monoisotopic (exact) mass is 497 g/mol. The Balaban J connectivity index is 1.26. The first-order valence-corrected chi connectivity index (χ1v) is 13.5. The highest BCUT2D eigenvalue weighted by Crippen LogP contribution is 2.26. The maximum absolute atomic E-state index is 12.3. The second kappa shape index (κ2) is 13.1. The van der Waals surface area contributed by atoms with Gasteiger partial charge in [0, 0.05) is 25.1 Å². The van der Waals surface area contributed by atoms with Crippen molar-refractivity contribution in [1.29, 1.82) is 0 Å². The molecule has 0 saturated carbocycles. The molecule has 1 N–H and O–H groups in total. The number of aromatic nitrogens is 2. The van der Waals surface area contributed by atoms with Gasteiger partial charge in [0.15, 0.2) is 0 Å². The number of nitrogens with zero attached hydrogens (tertiary/aromatic N) is 2. The van der Waals surface area contributed by atoms with E-state index in [2.05, 4.69) is 60.1 Å². The van der Waals surface area contributed by atoms with Crippen LogP contribution in [0.1, 0.15) is 72.8 Å². The summed E-state index contributed by atoms with van der Waals surface area (Å²) in [7, 11) is 0. The largest absolute Gasteiger partial charge is 0.493 e. The second-order valence-electron chi connectivity index (χ2n) is 10.00. The molecule has 4 rings (SSSR count). The lowest BCUT2D eigenvalue weighted by Crippen LogP contribution is -2.24. The van der Waals surface area contributed by atoms with Gasteiger partial charge in [-0.3, -0.25) is 4.79 Å². The Morgan fingerprint density at radius 1 is 0.919 bits per heavy atom. The molecule has 1 amide bonds. The fourth-order valence-corrected chi connectivity index (χ4v) is 4.65. The smallest absolute Gasteiger partial charge is 0.251 e. The van der Waals surface area contributed by atoms with Crippen molar-refractivity contribution in [3.05, 3.63) is 95.3 Å². The molecule has 4 aromatic rings. The van der Waals surface area contributed by atoms with Crippen LogP contribution in [0.4, 0.5) is 0 Å². The number of hydrogen-bond acceptors (Lipinski definition) is 3. The third kappa shape index (κ3) is 7.22. The molecule has 1 heterocycles. The van der Waals surface area contributed by atoms with E-state index in [1.54, 1.807) is 0 Å². The summed E-state index contributed by atoms with van der Waals surface area (Å²) in [6.07, 6.45) is 4.90. The molecule has 0 aliphatic carbocycles. The Labute approximate surface area is 220 Å². The number of unbranched alkanes of at least 4 members (excludes halogenated alkanes) is 2. The van der Waals surface area contributed by atoms with E-state index >= 15 is 0 Å². The van der Waals surface area contributed by atoms with Crippen molar-refractivity contribution in [1.82, 2.24) is 14.9 Å². The summed E-state index contributed by atoms with van der Waals surface area (Å²) >= 11 is 0. The van der Waals surface area contributed by atoms with Crippen molar-refractivity contribution in [3.63, 3.8) is 0 Å². The Morgan fingerprint density at radius 3 is 2.49 bits per heavy atom. The molecular formula is C32H39N3O2. The van der Waals surface area contributed by atoms with Crippen LogP contribution in [-0.4, -0.2) is 28.6 Å². The minimum absolute atomic E-state index is 0.0000270. The van der Waals surface area contributed by atoms with Crippen LogP contribution >= 0.6 is 0 Å². The zero-order chi connectivity index (χ0) is 26.0. The SMILES string of the molecule is Cc1ccc(C(=O)NCCCCCc2nc3ccccc3n2CCCOc2ccccc2C(C)C)cc1. The minimum atomic E-state index is 0.0000270. The van der Waals surface area contributed by atoms with Crippen LogP contribution in [0.5, 0.6) is 5.75 Å². The average Bonchev–Trinajstić information content (AvgIpc) is 3.26. The van der Waals surface area contributed by atoms with Gasteiger partial charge in [-0.05, 0) is 68.0 Å². The molecule has 0 aliphatic heterocycles. The molecular weight excluding hydrogens is 458 g/mol. The van der Waals surface area contributed by atoms with E-state index < -0.39 is 0 Å². The molecule has 0 fully saturated rings. The number of rotatable bonds is 13. The highest BCUT2D eigenvalue weighted by Gasteiger charge is 2.11. The van der Waals surface area contributed by atoms with Crippen LogP contribution < -0.4 is 10.1 Å². The van der Waals surface area contributed by atoms with Crippen LogP contribution in [0.3, 0.4) is 0 Å². The summed E-state index contributed by atoms with van der Waals surface area (Å²) in [6, 6.07) is 24.4. The summed E-state index contributed by atoms with van der Waals surface area (Å²) in [5.74, 6) is 2.56. The Kier molecular flexibility index (Phi) is 9.36. The molecule has 1 aromatic heterocycles. The first-order chi connectivity index (χ1) is 18.0. The van der Waals surface area contributed by atoms with Gasteiger partial charge in [-0.15, -0.1) is 0 Å². The number of benzene rings is 3. The van der Waals surface area contributed by atoms with E-state index in [0.717, 1.165) is 66.9 Å². The quantitative estimate of drug-likeness (QED) is 0.201. The molecule has 194 valence electrons. The summed E-state index contributed by atoms with van der Waals surface area (Å²) in [4.78, 5) is 17.2. The first-order valence-electron chi connectivity index (χ1n) is 13.5. The Morgan fingerprint density at radius 2 is 1.68 bits per heavy atom. The number of fused-ring (bicyclic) bond motifs is 1. The third-order valence-electron chi connectivity index (χ3n) is 6.73. The lowest BCUT2D eigenvalue weighted by molar-refractivity contribution is 0.0953. The van der Waals surface area contributed by atoms with Gasteiger partial charge < -0.3 is 14.6 Å². The first kappa shape index (κ1) is 26.5. The highest BCUT2D eigenvalue weighted by atomic mass is 16.5. The second-order valence-corrected chi connectivity index (χ2v) is 10.00. The minimum Gasteiger partial charge on any atom is -0.493 e. The molecule has 0 radical (unpaired) electrons. The highest BCUT2D eigenvalue weighted by molar-refractivity contribution is 5.94. The molecule has 3 aromatic carbocycles. The number of amides is 1. The van der Waals surface area contributed by atoms with E-state index in [1.165, 1.54) is 11.1 Å². The van der Waals surface area contributed by atoms with Gasteiger partial charge >= 0.3 is 0 Å². The van der Waals surface area contributed by atoms with Crippen molar-refractivity contribution in [3.8, 4) is 5.75 Å². The fraction of sp³-hybridized carbons (Fsp3) is 0.375. The van der Waals surface area contributed by atoms with Crippen LogP contribution in [0.25, 0.3) is 11.0 Å². The number of carbonyl (C=O) groups is 1. The van der Waals surface area contributed by atoms with E-state index in [1.807, 2.05) is 43.3 Å². The van der Waals surface area contributed by atoms with Crippen molar-refractivity contribution in [2.24, 2.45) is 0 Å². The topological polar surface area (TPSA) is 56.2 Å². The maximum Gasteiger partial charge on any atom is 0.251 e. The van der Waals surface area contributed by atoms with E-state index in [0.29, 0.717) is 19.1 Å². The summed E-state index contributed by atoms with van der Waals surface area (Å²) < 4.78 is 8.52. The van der Waals surface area contributed by atoms with Gasteiger partial charge in [0.1, 0.15) is 11.6 Å². The van der Waals surface area contributed by atoms with Gasteiger partial charge in [0.05, 0.1) is 17.6 Å². The Bertz CT molecular complexity index is 1290. The van der Waals surface area contributed by atoms with Crippen molar-refractivity contribution >= 4 is 16.9 Å². The maximum atomic E-state index is 12.3. The Hall–Kier alpha value is -3.60. The van der Waals surface area contributed by atoms with Crippen LogP contribution in [-0.2, 0) is 13.0 Å². The van der Waals surface area contributed by atoms with E-state index in [9.17, 15) is 4.79 Å². The normalized spacial score (nSPS) is 11.2. The molecule has 5 heteroatoms. The van der Waals surface area contributed by atoms with Crippen LogP contribution in [0.2, 0.25) is 0 Å². The van der Waals surface area contributed by atoms with Gasteiger partial charge in [0.25, 0.3) is 5.91 Å². The number of para-hydroxylation sites is 3. The molecule has 0 aliphatic rings. The number of nitrogens with one attached hydrogen (secondary N) is 1. The van der Waals surface area contributed by atoms with E-state index in [4.69, 9.17) is 9.72 Å². The van der Waals surface area contributed by atoms with E-state index in [-0.39, 0.29) is 5.91 Å². The van der Waals surface area contributed by atoms with Crippen LogP contribution in [0, 0.1) is 6.92 Å². The average molecular weight is 498 g/mol. The third-order valence-corrected chi connectivity index (χ3v) is 6.73. The summed E-state index contributed by atoms with van der Waals surface area (Å²) in [5, 5.41) is 3.03. The van der Waals surface area contributed by atoms with Gasteiger partial charge in [-0.2, -0.15) is 0 Å².